The smallest absolute Gasteiger partial charge is 0.119 e. The lowest BCUT2D eigenvalue weighted by molar-refractivity contribution is 0.287. The van der Waals surface area contributed by atoms with Gasteiger partial charge in [-0.05, 0) is 49.2 Å². The number of phenols is 1. The van der Waals surface area contributed by atoms with Gasteiger partial charge >= 0.3 is 0 Å². The largest absolute Gasteiger partial charge is 0.508 e. The maximum atomic E-state index is 10.0. The minimum Gasteiger partial charge on any atom is -0.508 e. The molecular formula is C19H24N2O. The number of fused-ring (bicyclic) bond motifs is 1. The summed E-state index contributed by atoms with van der Waals surface area (Å²) in [5.74, 6) is 0.441. The SMILES string of the molecule is CN(CCc1ccccc1)CC1NCCc2c(O)cccc21. The van der Waals surface area contributed by atoms with Crippen molar-refractivity contribution in [2.24, 2.45) is 0 Å². The molecule has 0 spiro atoms. The van der Waals surface area contributed by atoms with Crippen LogP contribution in [0, 0.1) is 0 Å². The van der Waals surface area contributed by atoms with E-state index in [1.807, 2.05) is 6.07 Å². The molecule has 0 bridgehead atoms. The summed E-state index contributed by atoms with van der Waals surface area (Å²) in [7, 11) is 2.17. The molecule has 1 heterocycles. The van der Waals surface area contributed by atoms with Gasteiger partial charge in [-0.2, -0.15) is 0 Å². The van der Waals surface area contributed by atoms with Crippen molar-refractivity contribution in [3.05, 3.63) is 65.2 Å². The minimum absolute atomic E-state index is 0.302. The molecule has 3 rings (SSSR count). The Bertz CT molecular complexity index is 612. The molecule has 116 valence electrons. The Morgan fingerprint density at radius 1 is 1.14 bits per heavy atom. The topological polar surface area (TPSA) is 35.5 Å². The van der Waals surface area contributed by atoms with Crippen LogP contribution in [0.5, 0.6) is 5.75 Å². The summed E-state index contributed by atoms with van der Waals surface area (Å²) < 4.78 is 0. The van der Waals surface area contributed by atoms with E-state index in [0.717, 1.165) is 38.0 Å². The Balaban J connectivity index is 1.61. The summed E-state index contributed by atoms with van der Waals surface area (Å²) in [4.78, 5) is 2.36. The third-order valence-corrected chi connectivity index (χ3v) is 4.45. The molecule has 2 N–H and O–H groups in total. The predicted molar refractivity (Wildman–Crippen MR) is 90.2 cm³/mol. The Hall–Kier alpha value is -1.84. The van der Waals surface area contributed by atoms with Crippen molar-refractivity contribution >= 4 is 0 Å². The third-order valence-electron chi connectivity index (χ3n) is 4.45. The number of rotatable bonds is 5. The second-order valence-electron chi connectivity index (χ2n) is 6.10. The number of phenolic OH excluding ortho intramolecular Hbond substituents is 1. The number of hydrogen-bond acceptors (Lipinski definition) is 3. The first-order chi connectivity index (χ1) is 10.7. The molecule has 1 unspecified atom stereocenters. The summed E-state index contributed by atoms with van der Waals surface area (Å²) in [6.07, 6.45) is 1.98. The summed E-state index contributed by atoms with van der Waals surface area (Å²) in [5.41, 5.74) is 3.74. The van der Waals surface area contributed by atoms with Crippen molar-refractivity contribution in [3.63, 3.8) is 0 Å². The van der Waals surface area contributed by atoms with Gasteiger partial charge in [0.25, 0.3) is 0 Å². The minimum atomic E-state index is 0.302. The molecule has 0 fully saturated rings. The van der Waals surface area contributed by atoms with Crippen molar-refractivity contribution < 1.29 is 5.11 Å². The average Bonchev–Trinajstić information content (AvgIpc) is 2.55. The molecule has 2 aromatic carbocycles. The summed E-state index contributed by atoms with van der Waals surface area (Å²) in [5, 5.41) is 13.6. The van der Waals surface area contributed by atoms with Crippen molar-refractivity contribution in [2.75, 3.05) is 26.7 Å². The van der Waals surface area contributed by atoms with Crippen molar-refractivity contribution in [3.8, 4) is 5.75 Å². The molecule has 1 atom stereocenters. The van der Waals surface area contributed by atoms with Crippen molar-refractivity contribution in [1.82, 2.24) is 10.2 Å². The van der Waals surface area contributed by atoms with Crippen LogP contribution in [0.25, 0.3) is 0 Å². The molecule has 0 aromatic heterocycles. The van der Waals surface area contributed by atoms with Gasteiger partial charge in [0.05, 0.1) is 0 Å². The first-order valence-corrected chi connectivity index (χ1v) is 8.00. The fraction of sp³-hybridized carbons (Fsp3) is 0.368. The molecule has 22 heavy (non-hydrogen) atoms. The Kier molecular flexibility index (Phi) is 4.76. The highest BCUT2D eigenvalue weighted by atomic mass is 16.3. The number of benzene rings is 2. The van der Waals surface area contributed by atoms with Gasteiger partial charge in [0.15, 0.2) is 0 Å². The molecule has 1 aliphatic heterocycles. The second kappa shape index (κ2) is 6.95. The van der Waals surface area contributed by atoms with Gasteiger partial charge in [0, 0.05) is 19.1 Å². The van der Waals surface area contributed by atoms with E-state index in [2.05, 4.69) is 53.7 Å². The lowest BCUT2D eigenvalue weighted by Gasteiger charge is -2.31. The molecular weight excluding hydrogens is 272 g/mol. The molecule has 0 saturated carbocycles. The zero-order valence-electron chi connectivity index (χ0n) is 13.1. The summed E-state index contributed by atoms with van der Waals surface area (Å²) in [6.45, 7) is 2.93. The maximum Gasteiger partial charge on any atom is 0.119 e. The Morgan fingerprint density at radius 2 is 1.95 bits per heavy atom. The Morgan fingerprint density at radius 3 is 2.77 bits per heavy atom. The predicted octanol–water partition coefficient (Wildman–Crippen LogP) is 2.75. The van der Waals surface area contributed by atoms with Gasteiger partial charge in [-0.3, -0.25) is 0 Å². The van der Waals surface area contributed by atoms with Gasteiger partial charge in [0.1, 0.15) is 5.75 Å². The van der Waals surface area contributed by atoms with Crippen LogP contribution in [-0.2, 0) is 12.8 Å². The fourth-order valence-electron chi connectivity index (χ4n) is 3.20. The van der Waals surface area contributed by atoms with Gasteiger partial charge in [-0.25, -0.2) is 0 Å². The van der Waals surface area contributed by atoms with E-state index in [9.17, 15) is 5.11 Å². The van der Waals surface area contributed by atoms with Crippen LogP contribution in [0.15, 0.2) is 48.5 Å². The van der Waals surface area contributed by atoms with E-state index in [4.69, 9.17) is 0 Å². The van der Waals surface area contributed by atoms with Crippen LogP contribution in [0.1, 0.15) is 22.7 Å². The van der Waals surface area contributed by atoms with E-state index in [0.29, 0.717) is 11.8 Å². The lowest BCUT2D eigenvalue weighted by Crippen LogP contribution is -2.38. The number of likely N-dealkylation sites (N-methyl/N-ethyl adjacent to an activating group) is 1. The van der Waals surface area contributed by atoms with Gasteiger partial charge in [-0.1, -0.05) is 42.5 Å². The van der Waals surface area contributed by atoms with Crippen LogP contribution in [-0.4, -0.2) is 36.7 Å². The van der Waals surface area contributed by atoms with Crippen LogP contribution in [0.3, 0.4) is 0 Å². The molecule has 3 nitrogen and oxygen atoms in total. The standard InChI is InChI=1S/C19H24N2O/c1-21(13-11-15-6-3-2-4-7-15)14-18-16-8-5-9-19(22)17(16)10-12-20-18/h2-9,18,20,22H,10-14H2,1H3. The number of nitrogens with one attached hydrogen (secondary N) is 1. The van der Waals surface area contributed by atoms with Crippen LogP contribution < -0.4 is 5.32 Å². The zero-order valence-corrected chi connectivity index (χ0v) is 13.1. The summed E-state index contributed by atoms with van der Waals surface area (Å²) >= 11 is 0. The highest BCUT2D eigenvalue weighted by Gasteiger charge is 2.22. The Labute approximate surface area is 132 Å². The van der Waals surface area contributed by atoms with Gasteiger partial charge in [0.2, 0.25) is 0 Å². The maximum absolute atomic E-state index is 10.0. The monoisotopic (exact) mass is 296 g/mol. The first-order valence-electron chi connectivity index (χ1n) is 8.00. The highest BCUT2D eigenvalue weighted by molar-refractivity contribution is 5.42. The van der Waals surface area contributed by atoms with E-state index >= 15 is 0 Å². The normalized spacial score (nSPS) is 17.5. The highest BCUT2D eigenvalue weighted by Crippen LogP contribution is 2.29. The molecule has 3 heteroatoms. The molecule has 0 saturated heterocycles. The molecule has 2 aromatic rings. The van der Waals surface area contributed by atoms with Crippen molar-refractivity contribution in [2.45, 2.75) is 18.9 Å². The van der Waals surface area contributed by atoms with E-state index < -0.39 is 0 Å². The fourth-order valence-corrected chi connectivity index (χ4v) is 3.20. The van der Waals surface area contributed by atoms with Crippen molar-refractivity contribution in [1.29, 1.82) is 0 Å². The quantitative estimate of drug-likeness (QED) is 0.890. The zero-order chi connectivity index (χ0) is 15.4. The third kappa shape index (κ3) is 3.49. The lowest BCUT2D eigenvalue weighted by atomic mass is 9.93. The number of nitrogens with zero attached hydrogens (tertiary/aromatic N) is 1. The van der Waals surface area contributed by atoms with Crippen LogP contribution in [0.2, 0.25) is 0 Å². The van der Waals surface area contributed by atoms with Gasteiger partial charge < -0.3 is 15.3 Å². The van der Waals surface area contributed by atoms with E-state index in [1.54, 1.807) is 6.07 Å². The molecule has 1 aliphatic rings. The van der Waals surface area contributed by atoms with E-state index in [-0.39, 0.29) is 0 Å². The van der Waals surface area contributed by atoms with Crippen LogP contribution in [0.4, 0.5) is 0 Å². The average molecular weight is 296 g/mol. The number of hydrogen-bond donors (Lipinski definition) is 2. The molecule has 0 aliphatic carbocycles. The summed E-state index contributed by atoms with van der Waals surface area (Å²) in [6, 6.07) is 16.8. The van der Waals surface area contributed by atoms with Gasteiger partial charge in [-0.15, -0.1) is 0 Å². The first kappa shape index (κ1) is 15.1. The number of aromatic hydroxyl groups is 1. The van der Waals surface area contributed by atoms with E-state index in [1.165, 1.54) is 11.1 Å². The second-order valence-corrected chi connectivity index (χ2v) is 6.10. The molecule has 0 radical (unpaired) electrons. The molecule has 0 amide bonds. The van der Waals surface area contributed by atoms with Crippen LogP contribution >= 0.6 is 0 Å².